The summed E-state index contributed by atoms with van der Waals surface area (Å²) in [5.74, 6) is 0.662. The second-order valence-corrected chi connectivity index (χ2v) is 7.88. The molecule has 5 nitrogen and oxygen atoms in total. The van der Waals surface area contributed by atoms with Gasteiger partial charge >= 0.3 is 6.09 Å². The van der Waals surface area contributed by atoms with Gasteiger partial charge in [0.2, 0.25) is 5.91 Å². The van der Waals surface area contributed by atoms with E-state index in [4.69, 9.17) is 16.3 Å². The number of benzene rings is 2. The van der Waals surface area contributed by atoms with E-state index in [9.17, 15) is 9.59 Å². The highest BCUT2D eigenvalue weighted by Crippen LogP contribution is 2.37. The van der Waals surface area contributed by atoms with E-state index in [-0.39, 0.29) is 18.6 Å². The van der Waals surface area contributed by atoms with E-state index in [1.807, 2.05) is 48.5 Å². The largest absolute Gasteiger partial charge is 0.445 e. The Labute approximate surface area is 167 Å². The SMILES string of the molecule is C[C@H](NC(=O)OCc1ccccc1)C(=O)NC1CCSc2ccc(Cl)cc21. The number of ether oxygens (including phenoxy) is 1. The van der Waals surface area contributed by atoms with Gasteiger partial charge in [-0.2, -0.15) is 0 Å². The average Bonchev–Trinajstić information content (AvgIpc) is 2.67. The maximum atomic E-state index is 12.5. The number of nitrogens with one attached hydrogen (secondary N) is 2. The normalized spacial score (nSPS) is 16.7. The van der Waals surface area contributed by atoms with E-state index in [1.54, 1.807) is 18.7 Å². The van der Waals surface area contributed by atoms with Gasteiger partial charge in [0.05, 0.1) is 6.04 Å². The number of carbonyl (C=O) groups excluding carboxylic acids is 2. The Balaban J connectivity index is 1.52. The molecule has 2 aromatic rings. The zero-order chi connectivity index (χ0) is 19.2. The molecule has 7 heteroatoms. The number of carbonyl (C=O) groups is 2. The Morgan fingerprint density at radius 2 is 2.04 bits per heavy atom. The van der Waals surface area contributed by atoms with Gasteiger partial charge < -0.3 is 15.4 Å². The van der Waals surface area contributed by atoms with Crippen molar-refractivity contribution in [3.63, 3.8) is 0 Å². The van der Waals surface area contributed by atoms with Crippen LogP contribution in [0.5, 0.6) is 0 Å². The van der Waals surface area contributed by atoms with E-state index in [0.717, 1.165) is 28.2 Å². The van der Waals surface area contributed by atoms with Crippen molar-refractivity contribution in [2.45, 2.75) is 36.9 Å². The Bertz CT molecular complexity index is 816. The van der Waals surface area contributed by atoms with Crippen LogP contribution in [0.15, 0.2) is 53.4 Å². The second kappa shape index (κ2) is 9.15. The monoisotopic (exact) mass is 404 g/mol. The minimum absolute atomic E-state index is 0.114. The van der Waals surface area contributed by atoms with Gasteiger partial charge in [0, 0.05) is 15.7 Å². The van der Waals surface area contributed by atoms with Gasteiger partial charge in [0.25, 0.3) is 0 Å². The van der Waals surface area contributed by atoms with Crippen molar-refractivity contribution in [3.05, 3.63) is 64.7 Å². The van der Waals surface area contributed by atoms with Crippen molar-refractivity contribution in [2.75, 3.05) is 5.75 Å². The fourth-order valence-electron chi connectivity index (χ4n) is 2.82. The van der Waals surface area contributed by atoms with Crippen LogP contribution in [0.25, 0.3) is 0 Å². The van der Waals surface area contributed by atoms with Gasteiger partial charge in [-0.1, -0.05) is 41.9 Å². The number of rotatable bonds is 5. The number of fused-ring (bicyclic) bond motifs is 1. The first-order chi connectivity index (χ1) is 13.0. The topological polar surface area (TPSA) is 67.4 Å². The zero-order valence-corrected chi connectivity index (χ0v) is 16.5. The van der Waals surface area contributed by atoms with Crippen LogP contribution in [0.3, 0.4) is 0 Å². The molecule has 2 amide bonds. The van der Waals surface area contributed by atoms with Crippen molar-refractivity contribution in [1.29, 1.82) is 0 Å². The molecule has 0 bridgehead atoms. The number of hydrogen-bond acceptors (Lipinski definition) is 4. The van der Waals surface area contributed by atoms with Crippen LogP contribution in [0.2, 0.25) is 5.02 Å². The number of halogens is 1. The molecule has 2 N–H and O–H groups in total. The fourth-order valence-corrected chi connectivity index (χ4v) is 4.11. The van der Waals surface area contributed by atoms with Gasteiger partial charge in [-0.15, -0.1) is 11.8 Å². The summed E-state index contributed by atoms with van der Waals surface area (Å²) in [7, 11) is 0. The number of alkyl carbamates (subject to hydrolysis) is 1. The molecule has 1 unspecified atom stereocenters. The predicted octanol–water partition coefficient (Wildman–Crippen LogP) is 4.31. The van der Waals surface area contributed by atoms with E-state index >= 15 is 0 Å². The molecule has 0 aromatic heterocycles. The molecule has 0 fully saturated rings. The van der Waals surface area contributed by atoms with Crippen molar-refractivity contribution in [2.24, 2.45) is 0 Å². The molecule has 1 heterocycles. The number of thioether (sulfide) groups is 1. The molecule has 0 aliphatic carbocycles. The summed E-state index contributed by atoms with van der Waals surface area (Å²) in [6, 6.07) is 14.3. The minimum atomic E-state index is -0.703. The molecular weight excluding hydrogens is 384 g/mol. The Hall–Kier alpha value is -2.18. The van der Waals surface area contributed by atoms with Crippen LogP contribution in [-0.2, 0) is 16.1 Å². The summed E-state index contributed by atoms with van der Waals surface area (Å²) in [5, 5.41) is 6.21. The maximum Gasteiger partial charge on any atom is 0.408 e. The summed E-state index contributed by atoms with van der Waals surface area (Å²) < 4.78 is 5.16. The highest BCUT2D eigenvalue weighted by atomic mass is 35.5. The molecule has 3 rings (SSSR count). The standard InChI is InChI=1S/C20H21ClN2O3S/c1-13(22-20(25)26-12-14-5-3-2-4-6-14)19(24)23-17-9-10-27-18-8-7-15(21)11-16(17)18/h2-8,11,13,17H,9-10,12H2,1H3,(H,22,25)(H,23,24)/t13-,17?/m0/s1. The van der Waals surface area contributed by atoms with Crippen LogP contribution in [0, 0.1) is 0 Å². The van der Waals surface area contributed by atoms with Crippen LogP contribution in [0.1, 0.15) is 30.5 Å². The van der Waals surface area contributed by atoms with Gasteiger partial charge in [0.15, 0.2) is 0 Å². The van der Waals surface area contributed by atoms with Crippen molar-refractivity contribution in [1.82, 2.24) is 10.6 Å². The summed E-state index contributed by atoms with van der Waals surface area (Å²) in [6.45, 7) is 1.79. The first-order valence-electron chi connectivity index (χ1n) is 8.73. The van der Waals surface area contributed by atoms with Crippen LogP contribution in [0.4, 0.5) is 4.79 Å². The number of amides is 2. The molecule has 2 aromatic carbocycles. The lowest BCUT2D eigenvalue weighted by Crippen LogP contribution is -2.46. The smallest absolute Gasteiger partial charge is 0.408 e. The van der Waals surface area contributed by atoms with Gasteiger partial charge in [0.1, 0.15) is 12.6 Å². The third-order valence-electron chi connectivity index (χ3n) is 4.27. The molecule has 2 atom stereocenters. The first kappa shape index (κ1) is 19.6. The Morgan fingerprint density at radius 1 is 1.26 bits per heavy atom. The van der Waals surface area contributed by atoms with Crippen LogP contribution >= 0.6 is 23.4 Å². The molecule has 27 heavy (non-hydrogen) atoms. The minimum Gasteiger partial charge on any atom is -0.445 e. The molecule has 1 aliphatic rings. The van der Waals surface area contributed by atoms with E-state index in [2.05, 4.69) is 10.6 Å². The lowest BCUT2D eigenvalue weighted by Gasteiger charge is -2.27. The molecule has 0 radical (unpaired) electrons. The third-order valence-corrected chi connectivity index (χ3v) is 5.63. The van der Waals surface area contributed by atoms with E-state index in [0.29, 0.717) is 5.02 Å². The highest BCUT2D eigenvalue weighted by Gasteiger charge is 2.25. The zero-order valence-electron chi connectivity index (χ0n) is 14.9. The van der Waals surface area contributed by atoms with Crippen molar-refractivity contribution in [3.8, 4) is 0 Å². The van der Waals surface area contributed by atoms with Crippen molar-refractivity contribution < 1.29 is 14.3 Å². The van der Waals surface area contributed by atoms with Crippen LogP contribution < -0.4 is 10.6 Å². The molecule has 1 aliphatic heterocycles. The molecule has 0 spiro atoms. The van der Waals surface area contributed by atoms with Crippen LogP contribution in [-0.4, -0.2) is 23.8 Å². The summed E-state index contributed by atoms with van der Waals surface area (Å²) in [5.41, 5.74) is 1.91. The summed E-state index contributed by atoms with van der Waals surface area (Å²) in [6.07, 6.45) is 0.193. The second-order valence-electron chi connectivity index (χ2n) is 6.31. The maximum absolute atomic E-state index is 12.5. The predicted molar refractivity (Wildman–Crippen MR) is 107 cm³/mol. The summed E-state index contributed by atoms with van der Waals surface area (Å²) >= 11 is 7.85. The van der Waals surface area contributed by atoms with Gasteiger partial charge in [-0.25, -0.2) is 4.79 Å². The van der Waals surface area contributed by atoms with Crippen molar-refractivity contribution >= 4 is 35.4 Å². The van der Waals surface area contributed by atoms with Gasteiger partial charge in [-0.3, -0.25) is 4.79 Å². The van der Waals surface area contributed by atoms with E-state index < -0.39 is 12.1 Å². The summed E-state index contributed by atoms with van der Waals surface area (Å²) in [4.78, 5) is 25.6. The Kier molecular flexibility index (Phi) is 6.63. The fraction of sp³-hybridized carbons (Fsp3) is 0.300. The number of hydrogen-bond donors (Lipinski definition) is 2. The van der Waals surface area contributed by atoms with Gasteiger partial charge in [-0.05, 0) is 42.7 Å². The first-order valence-corrected chi connectivity index (χ1v) is 10.1. The molecule has 0 saturated heterocycles. The lowest BCUT2D eigenvalue weighted by atomic mass is 10.0. The molecular formula is C20H21ClN2O3S. The quantitative estimate of drug-likeness (QED) is 0.779. The third kappa shape index (κ3) is 5.40. The van der Waals surface area contributed by atoms with E-state index in [1.165, 1.54) is 0 Å². The highest BCUT2D eigenvalue weighted by molar-refractivity contribution is 7.99. The Morgan fingerprint density at radius 3 is 2.81 bits per heavy atom. The molecule has 0 saturated carbocycles. The molecule has 142 valence electrons. The lowest BCUT2D eigenvalue weighted by molar-refractivity contribution is -0.123. The average molecular weight is 405 g/mol.